The second-order valence-corrected chi connectivity index (χ2v) is 5.63. The highest BCUT2D eigenvalue weighted by Gasteiger charge is 2.08. The first kappa shape index (κ1) is 16.9. The van der Waals surface area contributed by atoms with Gasteiger partial charge in [-0.05, 0) is 38.0 Å². The Morgan fingerprint density at radius 3 is 2.50 bits per heavy atom. The van der Waals surface area contributed by atoms with Crippen molar-refractivity contribution >= 4 is 15.8 Å². The molecule has 5 nitrogen and oxygen atoms in total. The zero-order chi connectivity index (χ0) is 12.9. The van der Waals surface area contributed by atoms with E-state index in [1.165, 1.54) is 5.56 Å². The largest absolute Gasteiger partial charge is 0.412 e. The monoisotopic (exact) mass is 275 g/mol. The van der Waals surface area contributed by atoms with E-state index >= 15 is 0 Å². The van der Waals surface area contributed by atoms with Gasteiger partial charge in [0.05, 0.1) is 5.75 Å². The number of benzene rings is 1. The molecule has 18 heavy (non-hydrogen) atoms. The van der Waals surface area contributed by atoms with E-state index < -0.39 is 10.1 Å². The van der Waals surface area contributed by atoms with E-state index in [0.29, 0.717) is 13.0 Å². The van der Waals surface area contributed by atoms with Gasteiger partial charge in [0, 0.05) is 18.8 Å². The molecule has 0 aromatic heterocycles. The van der Waals surface area contributed by atoms with Crippen LogP contribution in [0.4, 0.5) is 5.69 Å². The van der Waals surface area contributed by atoms with Crippen LogP contribution in [-0.2, 0) is 10.1 Å². The molecule has 0 radical (unpaired) electrons. The van der Waals surface area contributed by atoms with Gasteiger partial charge in [-0.3, -0.25) is 4.55 Å². The number of hydrogen-bond acceptors (Lipinski definition) is 3. The van der Waals surface area contributed by atoms with Crippen molar-refractivity contribution in [3.8, 4) is 0 Å². The summed E-state index contributed by atoms with van der Waals surface area (Å²) in [5.74, 6) is -0.185. The van der Waals surface area contributed by atoms with Gasteiger partial charge >= 0.3 is 0 Å². The molecule has 0 aliphatic heterocycles. The molecule has 1 rings (SSSR count). The minimum atomic E-state index is -3.85. The molecule has 0 atom stereocenters. The van der Waals surface area contributed by atoms with Crippen LogP contribution in [0.1, 0.15) is 18.9 Å². The Bertz CT molecular complexity index is 459. The lowest BCUT2D eigenvalue weighted by Crippen LogP contribution is -2.25. The molecule has 0 spiro atoms. The molecular weight excluding hydrogens is 254 g/mol. The fourth-order valence-corrected chi connectivity index (χ4v) is 2.23. The summed E-state index contributed by atoms with van der Waals surface area (Å²) in [6.07, 6.45) is 0.431. The van der Waals surface area contributed by atoms with Crippen LogP contribution in [-0.4, -0.2) is 37.3 Å². The van der Waals surface area contributed by atoms with Crippen molar-refractivity contribution in [2.45, 2.75) is 20.3 Å². The molecule has 0 saturated heterocycles. The van der Waals surface area contributed by atoms with Gasteiger partial charge in [0.25, 0.3) is 10.1 Å². The lowest BCUT2D eigenvalue weighted by Gasteiger charge is -2.23. The van der Waals surface area contributed by atoms with Crippen molar-refractivity contribution in [1.82, 2.24) is 0 Å². The van der Waals surface area contributed by atoms with E-state index in [2.05, 4.69) is 11.0 Å². The summed E-state index contributed by atoms with van der Waals surface area (Å²) in [7, 11) is -3.85. The highest BCUT2D eigenvalue weighted by atomic mass is 32.2. The number of hydrogen-bond donors (Lipinski definition) is 1. The predicted octanol–water partition coefficient (Wildman–Crippen LogP) is 1.27. The van der Waals surface area contributed by atoms with Gasteiger partial charge in [-0.1, -0.05) is 12.1 Å². The van der Waals surface area contributed by atoms with Crippen LogP contribution in [0.15, 0.2) is 24.3 Å². The highest BCUT2D eigenvalue weighted by Crippen LogP contribution is 2.15. The highest BCUT2D eigenvalue weighted by molar-refractivity contribution is 7.85. The Labute approximate surface area is 108 Å². The molecule has 104 valence electrons. The summed E-state index contributed by atoms with van der Waals surface area (Å²) in [5.41, 5.74) is 2.26. The summed E-state index contributed by atoms with van der Waals surface area (Å²) in [6.45, 7) is 5.49. The van der Waals surface area contributed by atoms with Gasteiger partial charge in [-0.15, -0.1) is 0 Å². The molecule has 3 N–H and O–H groups in total. The van der Waals surface area contributed by atoms with E-state index in [1.807, 2.05) is 32.0 Å². The SMILES string of the molecule is CCN(CCCS(=O)(=O)O)c1cccc(C)c1.O. The Morgan fingerprint density at radius 1 is 1.33 bits per heavy atom. The first-order valence-electron chi connectivity index (χ1n) is 5.69. The van der Waals surface area contributed by atoms with Crippen LogP contribution in [0, 0.1) is 6.92 Å². The minimum absolute atomic E-state index is 0. The first-order chi connectivity index (χ1) is 7.92. The van der Waals surface area contributed by atoms with Crippen molar-refractivity contribution < 1.29 is 18.4 Å². The fourth-order valence-electron chi connectivity index (χ4n) is 1.73. The number of rotatable bonds is 6. The minimum Gasteiger partial charge on any atom is -0.412 e. The maximum Gasteiger partial charge on any atom is 0.264 e. The summed E-state index contributed by atoms with van der Waals surface area (Å²) < 4.78 is 29.9. The number of anilines is 1. The van der Waals surface area contributed by atoms with Crippen LogP contribution in [0.5, 0.6) is 0 Å². The van der Waals surface area contributed by atoms with Gasteiger partial charge in [0.2, 0.25) is 0 Å². The molecule has 0 aliphatic rings. The van der Waals surface area contributed by atoms with Crippen LogP contribution < -0.4 is 4.90 Å². The Morgan fingerprint density at radius 2 is 2.00 bits per heavy atom. The topological polar surface area (TPSA) is 89.1 Å². The zero-order valence-electron chi connectivity index (χ0n) is 10.8. The molecule has 0 aliphatic carbocycles. The van der Waals surface area contributed by atoms with Crippen molar-refractivity contribution in [2.75, 3.05) is 23.7 Å². The fraction of sp³-hybridized carbons (Fsp3) is 0.500. The smallest absolute Gasteiger partial charge is 0.264 e. The zero-order valence-corrected chi connectivity index (χ0v) is 11.6. The Balaban J connectivity index is 0.00000289. The molecule has 1 aromatic carbocycles. The molecule has 0 fully saturated rings. The van der Waals surface area contributed by atoms with Gasteiger partial charge < -0.3 is 10.4 Å². The van der Waals surface area contributed by atoms with E-state index in [4.69, 9.17) is 4.55 Å². The van der Waals surface area contributed by atoms with Crippen LogP contribution in [0.2, 0.25) is 0 Å². The lowest BCUT2D eigenvalue weighted by atomic mass is 10.2. The van der Waals surface area contributed by atoms with E-state index in [9.17, 15) is 8.42 Å². The average molecular weight is 275 g/mol. The summed E-state index contributed by atoms with van der Waals surface area (Å²) in [4.78, 5) is 2.10. The van der Waals surface area contributed by atoms with Gasteiger partial charge in [0.1, 0.15) is 0 Å². The summed E-state index contributed by atoms with van der Waals surface area (Å²) in [6, 6.07) is 8.08. The third-order valence-electron chi connectivity index (χ3n) is 2.58. The van der Waals surface area contributed by atoms with Gasteiger partial charge in [-0.25, -0.2) is 0 Å². The van der Waals surface area contributed by atoms with Crippen molar-refractivity contribution in [3.63, 3.8) is 0 Å². The van der Waals surface area contributed by atoms with Crippen molar-refractivity contribution in [1.29, 1.82) is 0 Å². The summed E-state index contributed by atoms with van der Waals surface area (Å²) >= 11 is 0. The molecule has 0 heterocycles. The van der Waals surface area contributed by atoms with Gasteiger partial charge in [-0.2, -0.15) is 8.42 Å². The first-order valence-corrected chi connectivity index (χ1v) is 7.30. The normalized spacial score (nSPS) is 10.8. The van der Waals surface area contributed by atoms with Crippen LogP contribution in [0.25, 0.3) is 0 Å². The number of nitrogens with zero attached hydrogens (tertiary/aromatic N) is 1. The lowest BCUT2D eigenvalue weighted by molar-refractivity contribution is 0.481. The van der Waals surface area contributed by atoms with Crippen LogP contribution >= 0.6 is 0 Å². The maximum atomic E-state index is 10.6. The average Bonchev–Trinajstić information content (AvgIpc) is 2.23. The maximum absolute atomic E-state index is 10.6. The summed E-state index contributed by atoms with van der Waals surface area (Å²) in [5, 5.41) is 0. The van der Waals surface area contributed by atoms with E-state index in [-0.39, 0.29) is 11.2 Å². The molecule has 0 bridgehead atoms. The standard InChI is InChI=1S/C12H19NO3S.H2O/c1-3-13(8-5-9-17(14,15)16)12-7-4-6-11(2)10-12;/h4,6-7,10H,3,5,8-9H2,1-2H3,(H,14,15,16);1H2. The molecule has 0 amide bonds. The number of aryl methyl sites for hydroxylation is 1. The van der Waals surface area contributed by atoms with Crippen molar-refractivity contribution in [2.24, 2.45) is 0 Å². The Hall–Kier alpha value is -1.11. The quantitative estimate of drug-likeness (QED) is 0.792. The van der Waals surface area contributed by atoms with E-state index in [1.54, 1.807) is 0 Å². The second kappa shape index (κ2) is 7.35. The predicted molar refractivity (Wildman–Crippen MR) is 73.7 cm³/mol. The Kier molecular flexibility index (Phi) is 6.90. The van der Waals surface area contributed by atoms with Crippen LogP contribution in [0.3, 0.4) is 0 Å². The molecule has 1 aromatic rings. The third kappa shape index (κ3) is 6.00. The molecule has 0 unspecified atom stereocenters. The molecular formula is C12H21NO4S. The molecule has 6 heteroatoms. The van der Waals surface area contributed by atoms with Gasteiger partial charge in [0.15, 0.2) is 0 Å². The second-order valence-electron chi connectivity index (χ2n) is 4.06. The van der Waals surface area contributed by atoms with Crippen molar-refractivity contribution in [3.05, 3.63) is 29.8 Å². The molecule has 0 saturated carbocycles. The third-order valence-corrected chi connectivity index (χ3v) is 3.38. The van der Waals surface area contributed by atoms with E-state index in [0.717, 1.165) is 12.2 Å².